The van der Waals surface area contributed by atoms with Crippen LogP contribution >= 0.6 is 0 Å². The van der Waals surface area contributed by atoms with Crippen LogP contribution in [0.25, 0.3) is 0 Å². The van der Waals surface area contributed by atoms with Gasteiger partial charge in [-0.25, -0.2) is 9.69 Å². The second-order valence-corrected chi connectivity index (χ2v) is 5.20. The number of nitrogens with one attached hydrogen (secondary N) is 1. The van der Waals surface area contributed by atoms with Crippen molar-refractivity contribution >= 4 is 34.9 Å². The number of nitro groups is 1. The van der Waals surface area contributed by atoms with Crippen LogP contribution in [0.3, 0.4) is 0 Å². The van der Waals surface area contributed by atoms with E-state index in [2.05, 4.69) is 15.3 Å². The van der Waals surface area contributed by atoms with Crippen LogP contribution in [0.1, 0.15) is 0 Å². The van der Waals surface area contributed by atoms with Crippen LogP contribution in [0.5, 0.6) is 5.75 Å². The van der Waals surface area contributed by atoms with Gasteiger partial charge < -0.3 is 9.47 Å². The van der Waals surface area contributed by atoms with Crippen molar-refractivity contribution in [3.05, 3.63) is 28.3 Å². The molecule has 0 aromatic heterocycles. The first-order chi connectivity index (χ1) is 11.9. The first kappa shape index (κ1) is 16.4. The van der Waals surface area contributed by atoms with E-state index < -0.39 is 40.4 Å². The normalized spacial score (nSPS) is 21.5. The van der Waals surface area contributed by atoms with E-state index in [4.69, 9.17) is 4.74 Å². The number of hydrogen-bond acceptors (Lipinski definition) is 9. The minimum Gasteiger partial charge on any atom is -0.496 e. The molecule has 2 aliphatic heterocycles. The molecule has 0 radical (unpaired) electrons. The molecule has 25 heavy (non-hydrogen) atoms. The summed E-state index contributed by atoms with van der Waals surface area (Å²) in [4.78, 5) is 48.2. The number of rotatable bonds is 4. The van der Waals surface area contributed by atoms with Gasteiger partial charge >= 0.3 is 5.97 Å². The Morgan fingerprint density at radius 1 is 1.32 bits per heavy atom. The minimum atomic E-state index is -1.19. The highest BCUT2D eigenvalue weighted by atomic mass is 16.6. The molecule has 0 unspecified atom stereocenters. The Balaban J connectivity index is 2.04. The van der Waals surface area contributed by atoms with Crippen LogP contribution in [-0.4, -0.2) is 48.7 Å². The number of esters is 1. The molecular weight excluding hydrogens is 336 g/mol. The van der Waals surface area contributed by atoms with E-state index in [1.54, 1.807) is 0 Å². The Hall–Kier alpha value is -3.50. The molecule has 1 fully saturated rings. The molecule has 2 atom stereocenters. The van der Waals surface area contributed by atoms with E-state index in [0.29, 0.717) is 4.90 Å². The van der Waals surface area contributed by atoms with Gasteiger partial charge in [0.2, 0.25) is 5.91 Å². The first-order valence-corrected chi connectivity index (χ1v) is 7.02. The molecule has 0 spiro atoms. The summed E-state index contributed by atoms with van der Waals surface area (Å²) in [7, 11) is 2.45. The quantitative estimate of drug-likeness (QED) is 0.335. The van der Waals surface area contributed by atoms with E-state index in [9.17, 15) is 24.5 Å². The Bertz CT molecular complexity index is 834. The van der Waals surface area contributed by atoms with Crippen molar-refractivity contribution < 1.29 is 28.8 Å². The van der Waals surface area contributed by atoms with Gasteiger partial charge in [0.15, 0.2) is 5.71 Å². The van der Waals surface area contributed by atoms with Crippen molar-refractivity contribution in [3.8, 4) is 5.75 Å². The number of carbonyl (C=O) groups excluding carboxylic acids is 3. The fraction of sp³-hybridized carbons (Fsp3) is 0.286. The predicted octanol–water partition coefficient (Wildman–Crippen LogP) is -0.406. The summed E-state index contributed by atoms with van der Waals surface area (Å²) in [6.45, 7) is 0. The summed E-state index contributed by atoms with van der Waals surface area (Å²) < 4.78 is 9.47. The SMILES string of the molecule is COC(=O)C1=NN[C@@H]2C(=O)N(c3ccc(OC)cc3[N+](=O)[O-])C(=O)[C@@H]12. The third-order valence-corrected chi connectivity index (χ3v) is 3.94. The lowest BCUT2D eigenvalue weighted by Gasteiger charge is -2.16. The van der Waals surface area contributed by atoms with E-state index in [0.717, 1.165) is 13.2 Å². The maximum absolute atomic E-state index is 12.7. The Labute approximate surface area is 140 Å². The number of anilines is 1. The monoisotopic (exact) mass is 348 g/mol. The summed E-state index contributed by atoms with van der Waals surface area (Å²) in [5.74, 6) is -3.39. The van der Waals surface area contributed by atoms with E-state index in [-0.39, 0.29) is 17.1 Å². The predicted molar refractivity (Wildman–Crippen MR) is 82.0 cm³/mol. The second kappa shape index (κ2) is 5.85. The maximum atomic E-state index is 12.7. The highest BCUT2D eigenvalue weighted by Crippen LogP contribution is 2.37. The average Bonchev–Trinajstić information content (AvgIpc) is 3.14. The molecule has 3 rings (SSSR count). The van der Waals surface area contributed by atoms with Crippen LogP contribution in [0.2, 0.25) is 0 Å². The smallest absolute Gasteiger partial charge is 0.355 e. The van der Waals surface area contributed by atoms with E-state index in [1.165, 1.54) is 19.2 Å². The standard InChI is InChI=1S/C14H12N4O7/c1-24-6-3-4-7(8(5-6)18(22)23)17-12(19)9-10(13(17)20)15-16-11(9)14(21)25-2/h3-5,9-10,15H,1-2H3/t9-,10+/m1/s1. The molecule has 1 aromatic rings. The number of carbonyl (C=O) groups is 3. The van der Waals surface area contributed by atoms with Crippen molar-refractivity contribution in [1.29, 1.82) is 0 Å². The zero-order chi connectivity index (χ0) is 18.3. The molecule has 0 aliphatic carbocycles. The van der Waals surface area contributed by atoms with Gasteiger partial charge in [-0.05, 0) is 12.1 Å². The third kappa shape index (κ3) is 2.36. The summed E-state index contributed by atoms with van der Waals surface area (Å²) in [5, 5.41) is 15.0. The van der Waals surface area contributed by atoms with Crippen molar-refractivity contribution in [2.24, 2.45) is 11.0 Å². The number of fused-ring (bicyclic) bond motifs is 1. The van der Waals surface area contributed by atoms with E-state index >= 15 is 0 Å². The lowest BCUT2D eigenvalue weighted by atomic mass is 9.99. The second-order valence-electron chi connectivity index (χ2n) is 5.20. The molecule has 11 nitrogen and oxygen atoms in total. The average molecular weight is 348 g/mol. The lowest BCUT2D eigenvalue weighted by molar-refractivity contribution is -0.384. The largest absolute Gasteiger partial charge is 0.496 e. The molecule has 2 aliphatic rings. The van der Waals surface area contributed by atoms with Crippen molar-refractivity contribution in [2.75, 3.05) is 19.1 Å². The fourth-order valence-corrected chi connectivity index (χ4v) is 2.77. The molecule has 0 saturated carbocycles. The van der Waals surface area contributed by atoms with Crippen LogP contribution in [0, 0.1) is 16.0 Å². The third-order valence-electron chi connectivity index (χ3n) is 3.94. The highest BCUT2D eigenvalue weighted by molar-refractivity contribution is 6.46. The van der Waals surface area contributed by atoms with Gasteiger partial charge in [-0.15, -0.1) is 0 Å². The number of amides is 2. The molecule has 1 aromatic carbocycles. The number of ether oxygens (including phenoxy) is 2. The van der Waals surface area contributed by atoms with Gasteiger partial charge in [0.1, 0.15) is 23.4 Å². The van der Waals surface area contributed by atoms with Crippen LogP contribution < -0.4 is 15.1 Å². The summed E-state index contributed by atoms with van der Waals surface area (Å²) >= 11 is 0. The number of hydrogen-bond donors (Lipinski definition) is 1. The summed E-state index contributed by atoms with van der Waals surface area (Å²) in [6.07, 6.45) is 0. The topological polar surface area (TPSA) is 140 Å². The zero-order valence-corrected chi connectivity index (χ0v) is 13.1. The first-order valence-electron chi connectivity index (χ1n) is 7.02. The van der Waals surface area contributed by atoms with Crippen LogP contribution in [0.15, 0.2) is 23.3 Å². The van der Waals surface area contributed by atoms with Crippen molar-refractivity contribution in [3.63, 3.8) is 0 Å². The van der Waals surface area contributed by atoms with Crippen molar-refractivity contribution in [1.82, 2.24) is 5.43 Å². The zero-order valence-electron chi connectivity index (χ0n) is 13.1. The molecule has 130 valence electrons. The van der Waals surface area contributed by atoms with Crippen molar-refractivity contribution in [2.45, 2.75) is 6.04 Å². The Kier molecular flexibility index (Phi) is 3.83. The number of hydrazone groups is 1. The lowest BCUT2D eigenvalue weighted by Crippen LogP contribution is -2.36. The molecule has 2 amide bonds. The Morgan fingerprint density at radius 3 is 2.64 bits per heavy atom. The number of methoxy groups -OCH3 is 2. The maximum Gasteiger partial charge on any atom is 0.355 e. The minimum absolute atomic E-state index is 0.199. The van der Waals surface area contributed by atoms with Gasteiger partial charge in [0.25, 0.3) is 11.6 Å². The highest BCUT2D eigenvalue weighted by Gasteiger charge is 2.56. The molecule has 2 heterocycles. The molecule has 1 N–H and O–H groups in total. The molecule has 1 saturated heterocycles. The van der Waals surface area contributed by atoms with Crippen LogP contribution in [0.4, 0.5) is 11.4 Å². The van der Waals surface area contributed by atoms with Gasteiger partial charge in [-0.1, -0.05) is 0 Å². The number of nitrogens with zero attached hydrogens (tertiary/aromatic N) is 3. The van der Waals surface area contributed by atoms with Gasteiger partial charge in [-0.3, -0.25) is 25.1 Å². The van der Waals surface area contributed by atoms with Gasteiger partial charge in [-0.2, -0.15) is 5.10 Å². The molecule has 0 bridgehead atoms. The fourth-order valence-electron chi connectivity index (χ4n) is 2.77. The number of imide groups is 1. The Morgan fingerprint density at radius 2 is 2.04 bits per heavy atom. The molecule has 11 heteroatoms. The van der Waals surface area contributed by atoms with Crippen LogP contribution in [-0.2, 0) is 19.1 Å². The van der Waals surface area contributed by atoms with Gasteiger partial charge in [0.05, 0.1) is 25.2 Å². The number of benzene rings is 1. The number of nitro benzene ring substituents is 1. The van der Waals surface area contributed by atoms with Gasteiger partial charge in [0, 0.05) is 0 Å². The summed E-state index contributed by atoms with van der Waals surface area (Å²) in [5.41, 5.74) is 1.49. The molecular formula is C14H12N4O7. The van der Waals surface area contributed by atoms with E-state index in [1.807, 2.05) is 0 Å². The summed E-state index contributed by atoms with van der Waals surface area (Å²) in [6, 6.07) is 2.62.